The smallest absolute Gasteiger partial charge is 0.125 e. The molecule has 2 aromatic heterocycles. The Labute approximate surface area is 127 Å². The molecule has 4 heteroatoms. The van der Waals surface area contributed by atoms with Crippen LogP contribution in [0, 0.1) is 0 Å². The summed E-state index contributed by atoms with van der Waals surface area (Å²) < 4.78 is 5.32. The van der Waals surface area contributed by atoms with Crippen molar-refractivity contribution in [3.8, 4) is 27.6 Å². The first-order valence-electron chi connectivity index (χ1n) is 6.92. The molecule has 104 valence electrons. The van der Waals surface area contributed by atoms with Gasteiger partial charge in [0, 0.05) is 28.4 Å². The van der Waals surface area contributed by atoms with Crippen molar-refractivity contribution in [2.24, 2.45) is 0 Å². The van der Waals surface area contributed by atoms with Crippen LogP contribution in [0.4, 0.5) is 0 Å². The van der Waals surface area contributed by atoms with Crippen molar-refractivity contribution in [2.45, 2.75) is 12.8 Å². The Hall–Kier alpha value is -2.20. The minimum Gasteiger partial charge on any atom is -0.497 e. The fourth-order valence-corrected chi connectivity index (χ4v) is 3.79. The third-order valence-electron chi connectivity index (χ3n) is 3.79. The minimum atomic E-state index is 0.917. The summed E-state index contributed by atoms with van der Waals surface area (Å²) >= 11 is 1.78. The van der Waals surface area contributed by atoms with E-state index in [1.807, 2.05) is 18.3 Å². The van der Waals surface area contributed by atoms with Crippen LogP contribution in [-0.2, 0) is 12.8 Å². The molecule has 3 nitrogen and oxygen atoms in total. The molecule has 1 aliphatic carbocycles. The van der Waals surface area contributed by atoms with Crippen LogP contribution in [0.2, 0.25) is 0 Å². The van der Waals surface area contributed by atoms with Crippen LogP contribution in [0.25, 0.3) is 21.8 Å². The highest BCUT2D eigenvalue weighted by Gasteiger charge is 2.21. The fourth-order valence-electron chi connectivity index (χ4n) is 2.73. The Morgan fingerprint density at radius 2 is 2.14 bits per heavy atom. The highest BCUT2D eigenvalue weighted by atomic mass is 32.1. The van der Waals surface area contributed by atoms with Gasteiger partial charge in [-0.15, -0.1) is 11.3 Å². The van der Waals surface area contributed by atoms with Crippen LogP contribution in [0.5, 0.6) is 5.75 Å². The van der Waals surface area contributed by atoms with Gasteiger partial charge in [-0.1, -0.05) is 0 Å². The second-order valence-corrected chi connectivity index (χ2v) is 6.14. The number of ether oxygens (including phenoxy) is 1. The normalized spacial score (nSPS) is 12.6. The summed E-state index contributed by atoms with van der Waals surface area (Å²) in [5.74, 6) is 0.917. The Balaban J connectivity index is 1.82. The van der Waals surface area contributed by atoms with E-state index in [-0.39, 0.29) is 0 Å². The number of nitrogens with zero attached hydrogens (tertiary/aromatic N) is 2. The Morgan fingerprint density at radius 3 is 2.95 bits per heavy atom. The van der Waals surface area contributed by atoms with Gasteiger partial charge >= 0.3 is 0 Å². The molecule has 1 aromatic carbocycles. The van der Waals surface area contributed by atoms with Gasteiger partial charge in [0.15, 0.2) is 0 Å². The standard InChI is InChI=1S/C17H14N2OS/c1-20-13-5-6-14-11(9-13)4-7-15-16(14)19-17(21-15)12-3-2-8-18-10-12/h2-3,5-6,8-10H,4,7H2,1H3. The molecule has 0 atom stereocenters. The lowest BCUT2D eigenvalue weighted by Gasteiger charge is -2.15. The van der Waals surface area contributed by atoms with Crippen molar-refractivity contribution in [1.29, 1.82) is 0 Å². The van der Waals surface area contributed by atoms with Crippen LogP contribution < -0.4 is 4.74 Å². The molecule has 2 heterocycles. The molecule has 0 fully saturated rings. The number of aryl methyl sites for hydroxylation is 2. The molecule has 0 bridgehead atoms. The van der Waals surface area contributed by atoms with Gasteiger partial charge in [0.25, 0.3) is 0 Å². The van der Waals surface area contributed by atoms with Gasteiger partial charge in [-0.3, -0.25) is 4.98 Å². The number of fused-ring (bicyclic) bond motifs is 3. The molecule has 0 unspecified atom stereocenters. The van der Waals surface area contributed by atoms with Crippen LogP contribution in [-0.4, -0.2) is 17.1 Å². The molecule has 0 amide bonds. The van der Waals surface area contributed by atoms with E-state index in [0.29, 0.717) is 0 Å². The predicted octanol–water partition coefficient (Wildman–Crippen LogP) is 3.98. The van der Waals surface area contributed by atoms with E-state index in [4.69, 9.17) is 9.72 Å². The first kappa shape index (κ1) is 12.5. The molecular formula is C17H14N2OS. The topological polar surface area (TPSA) is 35.0 Å². The minimum absolute atomic E-state index is 0.917. The summed E-state index contributed by atoms with van der Waals surface area (Å²) in [6.45, 7) is 0. The third kappa shape index (κ3) is 2.12. The number of pyridine rings is 1. The SMILES string of the molecule is COc1ccc2c(c1)CCc1sc(-c3cccnc3)nc1-2. The quantitative estimate of drug-likeness (QED) is 0.717. The van der Waals surface area contributed by atoms with E-state index in [1.165, 1.54) is 16.0 Å². The van der Waals surface area contributed by atoms with Crippen LogP contribution in [0.3, 0.4) is 0 Å². The van der Waals surface area contributed by atoms with E-state index in [2.05, 4.69) is 23.2 Å². The number of rotatable bonds is 2. The molecule has 0 radical (unpaired) electrons. The van der Waals surface area contributed by atoms with Crippen LogP contribution in [0.1, 0.15) is 10.4 Å². The molecule has 21 heavy (non-hydrogen) atoms. The number of benzene rings is 1. The lowest BCUT2D eigenvalue weighted by atomic mass is 9.93. The monoisotopic (exact) mass is 294 g/mol. The van der Waals surface area contributed by atoms with Crippen LogP contribution >= 0.6 is 11.3 Å². The summed E-state index contributed by atoms with van der Waals surface area (Å²) in [6, 6.07) is 10.3. The predicted molar refractivity (Wildman–Crippen MR) is 84.7 cm³/mol. The van der Waals surface area contributed by atoms with Gasteiger partial charge in [-0.25, -0.2) is 4.98 Å². The van der Waals surface area contributed by atoms with Crippen molar-refractivity contribution in [3.63, 3.8) is 0 Å². The maximum atomic E-state index is 5.32. The van der Waals surface area contributed by atoms with E-state index in [0.717, 1.165) is 34.9 Å². The maximum absolute atomic E-state index is 5.32. The zero-order valence-electron chi connectivity index (χ0n) is 11.7. The number of methoxy groups -OCH3 is 1. The number of thiazole rings is 1. The molecule has 0 saturated carbocycles. The summed E-state index contributed by atoms with van der Waals surface area (Å²) in [5.41, 5.74) is 4.78. The first-order chi connectivity index (χ1) is 10.3. The van der Waals surface area contributed by atoms with Gasteiger partial charge in [-0.05, 0) is 48.7 Å². The van der Waals surface area contributed by atoms with Gasteiger partial charge in [0.1, 0.15) is 10.8 Å². The maximum Gasteiger partial charge on any atom is 0.125 e. The second-order valence-electron chi connectivity index (χ2n) is 5.06. The average molecular weight is 294 g/mol. The molecule has 1 aliphatic rings. The van der Waals surface area contributed by atoms with Crippen molar-refractivity contribution < 1.29 is 4.74 Å². The summed E-state index contributed by atoms with van der Waals surface area (Å²) in [7, 11) is 1.71. The van der Waals surface area contributed by atoms with Crippen LogP contribution in [0.15, 0.2) is 42.7 Å². The molecule has 0 aliphatic heterocycles. The van der Waals surface area contributed by atoms with Crippen molar-refractivity contribution in [2.75, 3.05) is 7.11 Å². The number of hydrogen-bond donors (Lipinski definition) is 0. The van der Waals surface area contributed by atoms with E-state index in [1.54, 1.807) is 24.6 Å². The Bertz CT molecular complexity index is 796. The van der Waals surface area contributed by atoms with E-state index in [9.17, 15) is 0 Å². The molecule has 4 rings (SSSR count). The zero-order valence-corrected chi connectivity index (χ0v) is 12.5. The molecule has 0 saturated heterocycles. The average Bonchev–Trinajstić information content (AvgIpc) is 2.99. The largest absolute Gasteiger partial charge is 0.497 e. The molecular weight excluding hydrogens is 280 g/mol. The highest BCUT2D eigenvalue weighted by molar-refractivity contribution is 7.15. The lowest BCUT2D eigenvalue weighted by molar-refractivity contribution is 0.414. The van der Waals surface area contributed by atoms with Gasteiger partial charge in [-0.2, -0.15) is 0 Å². The Morgan fingerprint density at radius 1 is 1.19 bits per heavy atom. The van der Waals surface area contributed by atoms with Gasteiger partial charge in [0.2, 0.25) is 0 Å². The van der Waals surface area contributed by atoms with Crippen molar-refractivity contribution >= 4 is 11.3 Å². The Kier molecular flexibility index (Phi) is 2.97. The fraction of sp³-hybridized carbons (Fsp3) is 0.176. The molecule has 3 aromatic rings. The number of hydrogen-bond acceptors (Lipinski definition) is 4. The highest BCUT2D eigenvalue weighted by Crippen LogP contribution is 2.40. The second kappa shape index (κ2) is 4.97. The van der Waals surface area contributed by atoms with Crippen molar-refractivity contribution in [3.05, 3.63) is 53.2 Å². The zero-order chi connectivity index (χ0) is 14.2. The molecule has 0 N–H and O–H groups in total. The molecule has 0 spiro atoms. The van der Waals surface area contributed by atoms with E-state index >= 15 is 0 Å². The number of aromatic nitrogens is 2. The summed E-state index contributed by atoms with van der Waals surface area (Å²) in [4.78, 5) is 10.4. The van der Waals surface area contributed by atoms with Gasteiger partial charge < -0.3 is 4.74 Å². The van der Waals surface area contributed by atoms with Crippen molar-refractivity contribution in [1.82, 2.24) is 9.97 Å². The van der Waals surface area contributed by atoms with Gasteiger partial charge in [0.05, 0.1) is 12.8 Å². The summed E-state index contributed by atoms with van der Waals surface area (Å²) in [5, 5.41) is 1.05. The summed E-state index contributed by atoms with van der Waals surface area (Å²) in [6.07, 6.45) is 5.76. The third-order valence-corrected chi connectivity index (χ3v) is 4.96. The van der Waals surface area contributed by atoms with E-state index < -0.39 is 0 Å². The first-order valence-corrected chi connectivity index (χ1v) is 7.74. The lowest BCUT2D eigenvalue weighted by Crippen LogP contribution is -2.02.